The molecule has 0 saturated heterocycles. The summed E-state index contributed by atoms with van der Waals surface area (Å²) in [6.07, 6.45) is -0.376. The van der Waals surface area contributed by atoms with E-state index in [-0.39, 0.29) is 38.2 Å². The van der Waals surface area contributed by atoms with Gasteiger partial charge in [-0.1, -0.05) is 36.4 Å². The predicted octanol–water partition coefficient (Wildman–Crippen LogP) is 4.94. The van der Waals surface area contributed by atoms with Crippen LogP contribution in [0.1, 0.15) is 17.5 Å². The highest BCUT2D eigenvalue weighted by atomic mass is 28.4. The van der Waals surface area contributed by atoms with E-state index in [4.69, 9.17) is 20.5 Å². The molecular formula is C25H29F2NO5Si. The fraction of sp³-hybridized carbons (Fsp3) is 0.400. The molecule has 9 heteroatoms. The molecule has 2 rings (SSSR count). The van der Waals surface area contributed by atoms with Gasteiger partial charge in [-0.15, -0.1) is 0 Å². The molecule has 182 valence electrons. The van der Waals surface area contributed by atoms with Gasteiger partial charge in [-0.25, -0.2) is 20.1 Å². The minimum Gasteiger partial charge on any atom is -0.461 e. The molecular weight excluding hydrogens is 460 g/mol. The molecule has 0 heterocycles. The Balaban J connectivity index is 2.09. The van der Waals surface area contributed by atoms with Crippen molar-refractivity contribution in [2.45, 2.75) is 45.1 Å². The number of esters is 2. The van der Waals surface area contributed by atoms with Crippen molar-refractivity contribution in [1.82, 2.24) is 0 Å². The molecule has 0 aliphatic carbocycles. The number of hydrogen-bond donors (Lipinski definition) is 0. The highest BCUT2D eigenvalue weighted by Gasteiger charge is 2.34. The monoisotopic (exact) mass is 489 g/mol. The topological polar surface area (TPSA) is 66.2 Å². The maximum Gasteiger partial charge on any atom is 0.390 e. The molecule has 0 radical (unpaired) electrons. The molecule has 2 atom stereocenters. The van der Waals surface area contributed by atoms with Crippen LogP contribution in [0.4, 0.5) is 8.78 Å². The molecule has 34 heavy (non-hydrogen) atoms. The number of carbonyl (C=O) groups is 2. The first kappa shape index (κ1) is 27.2. The van der Waals surface area contributed by atoms with E-state index in [1.54, 1.807) is 24.3 Å². The van der Waals surface area contributed by atoms with Crippen molar-refractivity contribution in [2.75, 3.05) is 13.2 Å². The van der Waals surface area contributed by atoms with Gasteiger partial charge >= 0.3 is 18.0 Å². The lowest BCUT2D eigenvalue weighted by Crippen LogP contribution is -2.31. The van der Waals surface area contributed by atoms with Crippen molar-refractivity contribution in [2.24, 2.45) is 5.92 Å². The van der Waals surface area contributed by atoms with Crippen LogP contribution in [0.3, 0.4) is 0 Å². The van der Waals surface area contributed by atoms with E-state index in [9.17, 15) is 18.4 Å². The zero-order chi connectivity index (χ0) is 25.1. The van der Waals surface area contributed by atoms with Crippen LogP contribution in [0.2, 0.25) is 19.6 Å². The first-order valence-electron chi connectivity index (χ1n) is 10.9. The van der Waals surface area contributed by atoms with Crippen molar-refractivity contribution in [3.63, 3.8) is 0 Å². The zero-order valence-electron chi connectivity index (χ0n) is 19.6. The fourth-order valence-electron chi connectivity index (χ4n) is 3.12. The average Bonchev–Trinajstić information content (AvgIpc) is 2.79. The Bertz CT molecular complexity index is 1000. The standard InChI is InChI=1S/C25H29F2NO5Si/c1-28-23(25(30)31-12-13-33-34(2,3)4)15-20(14-19-10-11-21(26)16-22(19)27)24(29)32-17-18-8-6-5-7-9-18/h5-11,16,20,23H,12-15,17H2,2-4H3/t20-,23-/m0/s1. The van der Waals surface area contributed by atoms with Crippen LogP contribution >= 0.6 is 0 Å². The number of halogens is 2. The molecule has 2 aromatic rings. The summed E-state index contributed by atoms with van der Waals surface area (Å²) in [5.41, 5.74) is 0.842. The van der Waals surface area contributed by atoms with Crippen LogP contribution in [0.15, 0.2) is 48.5 Å². The highest BCUT2D eigenvalue weighted by molar-refractivity contribution is 6.69. The Kier molecular flexibility index (Phi) is 10.4. The molecule has 0 aliphatic rings. The van der Waals surface area contributed by atoms with E-state index in [0.29, 0.717) is 0 Å². The quantitative estimate of drug-likeness (QED) is 0.183. The third-order valence-corrected chi connectivity index (χ3v) is 5.91. The molecule has 0 fully saturated rings. The largest absolute Gasteiger partial charge is 0.461 e. The molecule has 0 spiro atoms. The van der Waals surface area contributed by atoms with Crippen molar-refractivity contribution in [3.05, 3.63) is 82.7 Å². The Morgan fingerprint density at radius 3 is 2.32 bits per heavy atom. The van der Waals surface area contributed by atoms with Crippen molar-refractivity contribution in [3.8, 4) is 0 Å². The van der Waals surface area contributed by atoms with E-state index in [1.807, 2.05) is 25.7 Å². The molecule has 0 bridgehead atoms. The third-order valence-electron chi connectivity index (χ3n) is 4.84. The van der Waals surface area contributed by atoms with Crippen LogP contribution < -0.4 is 0 Å². The SMILES string of the molecule is [C-]#[N+][C@@H](C[C@H](Cc1ccc(F)cc1F)C(=O)OCc1ccccc1)C(=O)OCCO[Si](C)(C)C. The van der Waals surface area contributed by atoms with Gasteiger partial charge in [0.2, 0.25) is 0 Å². The summed E-state index contributed by atoms with van der Waals surface area (Å²) in [5.74, 6) is -4.03. The normalized spacial score (nSPS) is 12.9. The smallest absolute Gasteiger partial charge is 0.390 e. The zero-order valence-corrected chi connectivity index (χ0v) is 20.6. The number of nitrogens with zero attached hydrogens (tertiary/aromatic N) is 1. The third kappa shape index (κ3) is 9.41. The maximum atomic E-state index is 14.2. The Morgan fingerprint density at radius 1 is 1.00 bits per heavy atom. The van der Waals surface area contributed by atoms with Crippen LogP contribution in [0.5, 0.6) is 0 Å². The number of carbonyl (C=O) groups excluding carboxylic acids is 2. The van der Waals surface area contributed by atoms with Gasteiger partial charge in [0.15, 0.2) is 8.32 Å². The molecule has 0 aromatic heterocycles. The second-order valence-electron chi connectivity index (χ2n) is 8.74. The van der Waals surface area contributed by atoms with Gasteiger partial charge in [-0.05, 0) is 43.3 Å². The van der Waals surface area contributed by atoms with Crippen LogP contribution in [0.25, 0.3) is 4.85 Å². The van der Waals surface area contributed by atoms with E-state index in [0.717, 1.165) is 17.7 Å². The van der Waals surface area contributed by atoms with E-state index in [1.165, 1.54) is 6.07 Å². The number of benzene rings is 2. The summed E-state index contributed by atoms with van der Waals surface area (Å²) < 4.78 is 43.7. The molecule has 0 N–H and O–H groups in total. The summed E-state index contributed by atoms with van der Waals surface area (Å²) in [4.78, 5) is 28.6. The van der Waals surface area contributed by atoms with Gasteiger partial charge in [0.1, 0.15) is 24.8 Å². The highest BCUT2D eigenvalue weighted by Crippen LogP contribution is 2.22. The molecule has 2 aromatic carbocycles. The Labute approximate surface area is 199 Å². The minimum absolute atomic E-state index is 0.00909. The van der Waals surface area contributed by atoms with E-state index >= 15 is 0 Å². The van der Waals surface area contributed by atoms with Gasteiger partial charge in [-0.2, -0.15) is 0 Å². The van der Waals surface area contributed by atoms with Gasteiger partial charge < -0.3 is 18.7 Å². The van der Waals surface area contributed by atoms with Crippen molar-refractivity contribution < 1.29 is 32.3 Å². The summed E-state index contributed by atoms with van der Waals surface area (Å²) in [5, 5.41) is 0. The lowest BCUT2D eigenvalue weighted by molar-refractivity contribution is -0.151. The first-order valence-corrected chi connectivity index (χ1v) is 14.3. The van der Waals surface area contributed by atoms with Gasteiger partial charge in [0, 0.05) is 12.5 Å². The number of hydrogen-bond acceptors (Lipinski definition) is 5. The summed E-state index contributed by atoms with van der Waals surface area (Å²) >= 11 is 0. The second kappa shape index (κ2) is 13.0. The van der Waals surface area contributed by atoms with Crippen LogP contribution in [-0.2, 0) is 36.5 Å². The summed E-state index contributed by atoms with van der Waals surface area (Å²) in [6, 6.07) is 10.8. The Hall–Kier alpha value is -3.09. The second-order valence-corrected chi connectivity index (χ2v) is 13.3. The van der Waals surface area contributed by atoms with E-state index < -0.39 is 43.9 Å². The Morgan fingerprint density at radius 2 is 1.71 bits per heavy atom. The lowest BCUT2D eigenvalue weighted by atomic mass is 9.92. The summed E-state index contributed by atoms with van der Waals surface area (Å²) in [7, 11) is -1.77. The van der Waals surface area contributed by atoms with Gasteiger partial charge in [0.25, 0.3) is 0 Å². The molecule has 0 aliphatic heterocycles. The summed E-state index contributed by atoms with van der Waals surface area (Å²) in [6.45, 7) is 13.6. The molecule has 0 saturated carbocycles. The van der Waals surface area contributed by atoms with Crippen LogP contribution in [0, 0.1) is 24.1 Å². The first-order chi connectivity index (χ1) is 16.1. The molecule has 0 unspecified atom stereocenters. The van der Waals surface area contributed by atoms with Crippen LogP contribution in [-0.4, -0.2) is 39.5 Å². The maximum absolute atomic E-state index is 14.2. The minimum atomic E-state index is -1.77. The predicted molar refractivity (Wildman–Crippen MR) is 125 cm³/mol. The number of ether oxygens (including phenoxy) is 2. The van der Waals surface area contributed by atoms with Crippen molar-refractivity contribution >= 4 is 20.3 Å². The molecule has 6 nitrogen and oxygen atoms in total. The van der Waals surface area contributed by atoms with Gasteiger partial charge in [-0.3, -0.25) is 4.79 Å². The lowest BCUT2D eigenvalue weighted by Gasteiger charge is -2.18. The fourth-order valence-corrected chi connectivity index (χ4v) is 3.82. The number of rotatable bonds is 12. The molecule has 0 amide bonds. The van der Waals surface area contributed by atoms with Gasteiger partial charge in [0.05, 0.1) is 12.5 Å². The van der Waals surface area contributed by atoms with Crippen molar-refractivity contribution in [1.29, 1.82) is 0 Å². The average molecular weight is 490 g/mol. The van der Waals surface area contributed by atoms with E-state index in [2.05, 4.69) is 4.85 Å².